The van der Waals surface area contributed by atoms with Crippen molar-refractivity contribution in [3.8, 4) is 0 Å². The number of aromatic nitrogens is 1. The maximum absolute atomic E-state index is 12.4. The van der Waals surface area contributed by atoms with Gasteiger partial charge < -0.3 is 9.84 Å². The zero-order valence-corrected chi connectivity index (χ0v) is 17.0. The fraction of sp³-hybridized carbons (Fsp3) is 0.667. The van der Waals surface area contributed by atoms with Crippen LogP contribution in [0.3, 0.4) is 0 Å². The molecule has 0 saturated carbocycles. The van der Waals surface area contributed by atoms with Gasteiger partial charge in [0.05, 0.1) is 16.8 Å². The number of hydrogen-bond acceptors (Lipinski definition) is 7. The highest BCUT2D eigenvalue weighted by atomic mass is 79.9. The van der Waals surface area contributed by atoms with Crippen LogP contribution in [0, 0.1) is 0 Å². The Morgan fingerprint density at radius 1 is 1.54 bits per heavy atom. The molecule has 0 aromatic carbocycles. The Bertz CT molecular complexity index is 673. The van der Waals surface area contributed by atoms with Gasteiger partial charge in [0.2, 0.25) is 5.72 Å². The standard InChI is InChI=1S/C15H20BrN3O3S2/c1-14(2,3)22-13(20)19-6-4-5-9(19)11-18-15(21,8-24-11)12-17-10(16)7-23-12/h7,9,21H,4-6,8H2,1-3H3/t9-,15?/m0/s1. The number of thioether (sulfide) groups is 1. The minimum atomic E-state index is -1.31. The number of hydrogen-bond donors (Lipinski definition) is 1. The first kappa shape index (κ1) is 18.2. The van der Waals surface area contributed by atoms with Crippen LogP contribution in [0.4, 0.5) is 4.79 Å². The number of carbonyl (C=O) groups excluding carboxylic acids is 1. The van der Waals surface area contributed by atoms with E-state index in [9.17, 15) is 9.90 Å². The van der Waals surface area contributed by atoms with Gasteiger partial charge in [0.15, 0.2) is 0 Å². The number of rotatable bonds is 2. The molecule has 2 atom stereocenters. The molecule has 0 aliphatic carbocycles. The van der Waals surface area contributed by atoms with Gasteiger partial charge in [-0.2, -0.15) is 0 Å². The number of likely N-dealkylation sites (tertiary alicyclic amines) is 1. The van der Waals surface area contributed by atoms with E-state index in [0.717, 1.165) is 17.9 Å². The second-order valence-corrected chi connectivity index (χ2v) is 9.53. The molecular formula is C15H20BrN3O3S2. The fourth-order valence-corrected chi connectivity index (χ4v) is 5.29. The van der Waals surface area contributed by atoms with Gasteiger partial charge in [0, 0.05) is 11.9 Å². The number of amides is 1. The monoisotopic (exact) mass is 433 g/mol. The summed E-state index contributed by atoms with van der Waals surface area (Å²) in [6, 6.07) is -0.123. The highest BCUT2D eigenvalue weighted by molar-refractivity contribution is 9.10. The third-order valence-electron chi connectivity index (χ3n) is 3.70. The van der Waals surface area contributed by atoms with E-state index in [2.05, 4.69) is 25.9 Å². The van der Waals surface area contributed by atoms with Crippen molar-refractivity contribution in [2.24, 2.45) is 4.99 Å². The van der Waals surface area contributed by atoms with Gasteiger partial charge in [-0.25, -0.2) is 14.8 Å². The number of thiazole rings is 1. The van der Waals surface area contributed by atoms with Gasteiger partial charge in [0.25, 0.3) is 0 Å². The van der Waals surface area contributed by atoms with E-state index in [4.69, 9.17) is 4.74 Å². The van der Waals surface area contributed by atoms with Gasteiger partial charge in [0.1, 0.15) is 15.2 Å². The van der Waals surface area contributed by atoms with Crippen molar-refractivity contribution >= 4 is 50.2 Å². The highest BCUT2D eigenvalue weighted by Crippen LogP contribution is 2.40. The lowest BCUT2D eigenvalue weighted by molar-refractivity contribution is 0.0264. The predicted molar refractivity (Wildman–Crippen MR) is 99.6 cm³/mol. The minimum Gasteiger partial charge on any atom is -0.444 e. The molecule has 1 unspecified atom stereocenters. The van der Waals surface area contributed by atoms with Crippen molar-refractivity contribution in [1.82, 2.24) is 9.88 Å². The summed E-state index contributed by atoms with van der Waals surface area (Å²) in [5.41, 5.74) is -1.83. The van der Waals surface area contributed by atoms with Crippen LogP contribution in [0.1, 0.15) is 38.6 Å². The van der Waals surface area contributed by atoms with E-state index in [1.54, 1.807) is 4.90 Å². The van der Waals surface area contributed by atoms with Gasteiger partial charge in [-0.05, 0) is 49.5 Å². The molecule has 3 heterocycles. The highest BCUT2D eigenvalue weighted by Gasteiger charge is 2.43. The van der Waals surface area contributed by atoms with E-state index >= 15 is 0 Å². The molecular weight excluding hydrogens is 414 g/mol. The van der Waals surface area contributed by atoms with Crippen molar-refractivity contribution in [3.63, 3.8) is 0 Å². The third kappa shape index (κ3) is 3.79. The Hall–Kier alpha value is -0.640. The van der Waals surface area contributed by atoms with Crippen LogP contribution >= 0.6 is 39.0 Å². The summed E-state index contributed by atoms with van der Waals surface area (Å²) in [5, 5.41) is 14.0. The molecule has 2 aliphatic heterocycles. The molecule has 0 bridgehead atoms. The molecule has 0 radical (unpaired) electrons. The normalized spacial score (nSPS) is 27.5. The smallest absolute Gasteiger partial charge is 0.410 e. The molecule has 132 valence electrons. The van der Waals surface area contributed by atoms with E-state index in [0.29, 0.717) is 21.9 Å². The zero-order chi connectivity index (χ0) is 17.5. The Morgan fingerprint density at radius 3 is 2.92 bits per heavy atom. The van der Waals surface area contributed by atoms with Crippen LogP contribution in [0.15, 0.2) is 15.0 Å². The average molecular weight is 434 g/mol. The Morgan fingerprint density at radius 2 is 2.29 bits per heavy atom. The maximum Gasteiger partial charge on any atom is 0.410 e. The molecule has 24 heavy (non-hydrogen) atoms. The first-order valence-electron chi connectivity index (χ1n) is 7.74. The van der Waals surface area contributed by atoms with Gasteiger partial charge in [-0.15, -0.1) is 23.1 Å². The number of ether oxygens (including phenoxy) is 1. The van der Waals surface area contributed by atoms with Crippen LogP contribution in [-0.2, 0) is 10.5 Å². The lowest BCUT2D eigenvalue weighted by Gasteiger charge is -2.28. The van der Waals surface area contributed by atoms with Crippen LogP contribution in [0.2, 0.25) is 0 Å². The largest absolute Gasteiger partial charge is 0.444 e. The lowest BCUT2D eigenvalue weighted by atomic mass is 10.2. The summed E-state index contributed by atoms with van der Waals surface area (Å²) in [6.45, 7) is 6.23. The SMILES string of the molecule is CC(C)(C)OC(=O)N1CCC[C@H]1C1=NC(O)(c2nc(Br)cs2)CS1. The number of halogens is 1. The summed E-state index contributed by atoms with van der Waals surface area (Å²) in [5.74, 6) is 0.418. The molecule has 9 heteroatoms. The molecule has 6 nitrogen and oxygen atoms in total. The molecule has 1 N–H and O–H groups in total. The van der Waals surface area contributed by atoms with Gasteiger partial charge in [-0.1, -0.05) is 0 Å². The Labute approximate surface area is 157 Å². The number of aliphatic hydroxyl groups is 1. The van der Waals surface area contributed by atoms with Crippen molar-refractivity contribution in [2.45, 2.75) is 51.0 Å². The van der Waals surface area contributed by atoms with Crippen LogP contribution in [0.25, 0.3) is 0 Å². The predicted octanol–water partition coefficient (Wildman–Crippen LogP) is 3.60. The minimum absolute atomic E-state index is 0.123. The van der Waals surface area contributed by atoms with Crippen molar-refractivity contribution in [3.05, 3.63) is 15.0 Å². The van der Waals surface area contributed by atoms with E-state index in [1.807, 2.05) is 26.2 Å². The zero-order valence-electron chi connectivity index (χ0n) is 13.8. The Kier molecular flexibility index (Phi) is 4.98. The van der Waals surface area contributed by atoms with E-state index in [1.165, 1.54) is 23.1 Å². The summed E-state index contributed by atoms with van der Waals surface area (Å²) in [4.78, 5) is 23.0. The molecule has 1 fully saturated rings. The lowest BCUT2D eigenvalue weighted by Crippen LogP contribution is -2.42. The summed E-state index contributed by atoms with van der Waals surface area (Å²) in [7, 11) is 0. The maximum atomic E-state index is 12.4. The van der Waals surface area contributed by atoms with Gasteiger partial charge >= 0.3 is 6.09 Å². The summed E-state index contributed by atoms with van der Waals surface area (Å²) >= 11 is 6.17. The molecule has 2 aliphatic rings. The number of nitrogens with zero attached hydrogens (tertiary/aromatic N) is 3. The third-order valence-corrected chi connectivity index (χ3v) is 6.60. The van der Waals surface area contributed by atoms with Gasteiger partial charge in [-0.3, -0.25) is 4.90 Å². The average Bonchev–Trinajstić information content (AvgIpc) is 3.15. The Balaban J connectivity index is 1.78. The second-order valence-electron chi connectivity index (χ2n) is 6.86. The molecule has 1 saturated heterocycles. The van der Waals surface area contributed by atoms with Crippen molar-refractivity contribution in [2.75, 3.05) is 12.3 Å². The van der Waals surface area contributed by atoms with E-state index in [-0.39, 0.29) is 12.1 Å². The second kappa shape index (κ2) is 6.59. The molecule has 3 rings (SSSR count). The molecule has 0 spiro atoms. The molecule has 1 amide bonds. The topological polar surface area (TPSA) is 75.0 Å². The quantitative estimate of drug-likeness (QED) is 0.770. The number of carbonyl (C=O) groups is 1. The summed E-state index contributed by atoms with van der Waals surface area (Å²) < 4.78 is 6.19. The van der Waals surface area contributed by atoms with Crippen LogP contribution in [0.5, 0.6) is 0 Å². The van der Waals surface area contributed by atoms with Crippen LogP contribution < -0.4 is 0 Å². The van der Waals surface area contributed by atoms with E-state index < -0.39 is 11.3 Å². The number of aliphatic imine (C=N–C) groups is 1. The fourth-order valence-electron chi connectivity index (χ4n) is 2.70. The molecule has 1 aromatic rings. The molecule has 1 aromatic heterocycles. The van der Waals surface area contributed by atoms with Crippen molar-refractivity contribution in [1.29, 1.82) is 0 Å². The van der Waals surface area contributed by atoms with Crippen molar-refractivity contribution < 1.29 is 14.6 Å². The summed E-state index contributed by atoms with van der Waals surface area (Å²) in [6.07, 6.45) is 1.42. The first-order valence-corrected chi connectivity index (χ1v) is 10.4. The first-order chi connectivity index (χ1) is 11.2. The van der Waals surface area contributed by atoms with Crippen LogP contribution in [-0.4, -0.2) is 50.1 Å².